The van der Waals surface area contributed by atoms with Crippen molar-refractivity contribution in [3.8, 4) is 0 Å². The minimum Gasteiger partial charge on any atom is -0.335 e. The van der Waals surface area contributed by atoms with Crippen LogP contribution in [0.4, 0.5) is 0 Å². The van der Waals surface area contributed by atoms with Crippen molar-refractivity contribution in [1.29, 1.82) is 0 Å². The van der Waals surface area contributed by atoms with Gasteiger partial charge in [-0.1, -0.05) is 43.3 Å². The van der Waals surface area contributed by atoms with E-state index in [9.17, 15) is 0 Å². The molecule has 0 spiro atoms. The summed E-state index contributed by atoms with van der Waals surface area (Å²) in [7, 11) is 0. The van der Waals surface area contributed by atoms with Crippen LogP contribution in [0.5, 0.6) is 0 Å². The van der Waals surface area contributed by atoms with Crippen LogP contribution >= 0.6 is 0 Å². The van der Waals surface area contributed by atoms with Crippen LogP contribution in [0.25, 0.3) is 10.8 Å². The summed E-state index contributed by atoms with van der Waals surface area (Å²) < 4.78 is 2.21. The fraction of sp³-hybridized carbons (Fsp3) is 0.316. The highest BCUT2D eigenvalue weighted by molar-refractivity contribution is 5.82. The van der Waals surface area contributed by atoms with Gasteiger partial charge < -0.3 is 9.88 Å². The highest BCUT2D eigenvalue weighted by Crippen LogP contribution is 2.15. The van der Waals surface area contributed by atoms with Crippen LogP contribution in [0, 0.1) is 12.8 Å². The molecule has 1 unspecified atom stereocenters. The summed E-state index contributed by atoms with van der Waals surface area (Å²) in [6.07, 6.45) is 3.92. The van der Waals surface area contributed by atoms with Crippen LogP contribution in [0.2, 0.25) is 0 Å². The largest absolute Gasteiger partial charge is 0.335 e. The van der Waals surface area contributed by atoms with Crippen LogP contribution < -0.4 is 5.32 Å². The Morgan fingerprint density at radius 1 is 1.14 bits per heavy atom. The topological polar surface area (TPSA) is 29.9 Å². The third-order valence-corrected chi connectivity index (χ3v) is 4.07. The minimum absolute atomic E-state index is 0.577. The Kier molecular flexibility index (Phi) is 4.54. The van der Waals surface area contributed by atoms with E-state index in [0.717, 1.165) is 25.5 Å². The normalized spacial score (nSPS) is 12.6. The molecule has 0 radical (unpaired) electrons. The van der Waals surface area contributed by atoms with Gasteiger partial charge in [-0.3, -0.25) is 0 Å². The first-order valence-corrected chi connectivity index (χ1v) is 7.88. The number of aryl methyl sites for hydroxylation is 1. The van der Waals surface area contributed by atoms with Crippen LogP contribution in [-0.4, -0.2) is 16.1 Å². The van der Waals surface area contributed by atoms with Crippen LogP contribution in [0.3, 0.4) is 0 Å². The highest BCUT2D eigenvalue weighted by Gasteiger charge is 2.05. The van der Waals surface area contributed by atoms with Crippen molar-refractivity contribution in [2.45, 2.75) is 26.9 Å². The molecule has 3 aromatic rings. The molecule has 1 heterocycles. The van der Waals surface area contributed by atoms with Gasteiger partial charge in [0.1, 0.15) is 5.82 Å². The Morgan fingerprint density at radius 3 is 2.73 bits per heavy atom. The Bertz CT molecular complexity index is 745. The van der Waals surface area contributed by atoms with Crippen molar-refractivity contribution < 1.29 is 0 Å². The molecule has 1 aromatic heterocycles. The molecule has 22 heavy (non-hydrogen) atoms. The van der Waals surface area contributed by atoms with Gasteiger partial charge in [0, 0.05) is 25.5 Å². The monoisotopic (exact) mass is 293 g/mol. The Hall–Kier alpha value is -2.13. The van der Waals surface area contributed by atoms with Gasteiger partial charge in [-0.05, 0) is 41.8 Å². The summed E-state index contributed by atoms with van der Waals surface area (Å²) in [6.45, 7) is 7.25. The number of benzene rings is 2. The van der Waals surface area contributed by atoms with Crippen LogP contribution in [0.15, 0.2) is 54.9 Å². The van der Waals surface area contributed by atoms with E-state index >= 15 is 0 Å². The SMILES string of the molecule is Cc1nccn1CC(C)CNCc1ccc2ccccc2c1. The first kappa shape index (κ1) is 14.8. The van der Waals surface area contributed by atoms with E-state index in [0.29, 0.717) is 5.92 Å². The van der Waals surface area contributed by atoms with E-state index in [4.69, 9.17) is 0 Å². The van der Waals surface area contributed by atoms with Crippen molar-refractivity contribution >= 4 is 10.8 Å². The fourth-order valence-corrected chi connectivity index (χ4v) is 2.81. The highest BCUT2D eigenvalue weighted by atomic mass is 15.1. The van der Waals surface area contributed by atoms with Crippen molar-refractivity contribution in [1.82, 2.24) is 14.9 Å². The second-order valence-corrected chi connectivity index (χ2v) is 6.04. The first-order chi connectivity index (χ1) is 10.7. The van der Waals surface area contributed by atoms with Gasteiger partial charge in [-0.2, -0.15) is 0 Å². The lowest BCUT2D eigenvalue weighted by molar-refractivity contribution is 0.440. The maximum atomic E-state index is 4.27. The molecular weight excluding hydrogens is 270 g/mol. The predicted molar refractivity (Wildman–Crippen MR) is 91.8 cm³/mol. The number of imidazole rings is 1. The second kappa shape index (κ2) is 6.75. The molecule has 0 aliphatic carbocycles. The van der Waals surface area contributed by atoms with E-state index < -0.39 is 0 Å². The molecule has 3 heteroatoms. The zero-order chi connectivity index (χ0) is 15.4. The number of fused-ring (bicyclic) bond motifs is 1. The van der Waals surface area contributed by atoms with Crippen LogP contribution in [-0.2, 0) is 13.1 Å². The molecule has 1 N–H and O–H groups in total. The Balaban J connectivity index is 1.52. The number of rotatable bonds is 6. The molecule has 0 saturated carbocycles. The van der Waals surface area contributed by atoms with E-state index in [2.05, 4.69) is 77.4 Å². The molecule has 0 bridgehead atoms. The van der Waals surface area contributed by atoms with Crippen molar-refractivity contribution in [3.05, 3.63) is 66.2 Å². The van der Waals surface area contributed by atoms with Crippen molar-refractivity contribution in [3.63, 3.8) is 0 Å². The number of hydrogen-bond donors (Lipinski definition) is 1. The molecular formula is C19H23N3. The number of aromatic nitrogens is 2. The average Bonchev–Trinajstić information content (AvgIpc) is 2.92. The molecule has 0 fully saturated rings. The molecule has 3 rings (SSSR count). The summed E-state index contributed by atoms with van der Waals surface area (Å²) >= 11 is 0. The van der Waals surface area contributed by atoms with Crippen molar-refractivity contribution in [2.24, 2.45) is 5.92 Å². The summed E-state index contributed by atoms with van der Waals surface area (Å²) in [5.41, 5.74) is 1.34. The predicted octanol–water partition coefficient (Wildman–Crippen LogP) is 3.77. The minimum atomic E-state index is 0.577. The molecule has 3 nitrogen and oxygen atoms in total. The summed E-state index contributed by atoms with van der Waals surface area (Å²) in [6, 6.07) is 15.2. The Labute approximate surface area is 132 Å². The van der Waals surface area contributed by atoms with E-state index in [1.165, 1.54) is 16.3 Å². The maximum Gasteiger partial charge on any atom is 0.105 e. The third-order valence-electron chi connectivity index (χ3n) is 4.07. The van der Waals surface area contributed by atoms with E-state index in [-0.39, 0.29) is 0 Å². The standard InChI is InChI=1S/C19H23N3/c1-15(14-22-10-9-21-16(22)2)12-20-13-17-7-8-18-5-3-4-6-19(18)11-17/h3-11,15,20H,12-14H2,1-2H3. The molecule has 0 saturated heterocycles. The number of hydrogen-bond acceptors (Lipinski definition) is 2. The molecule has 0 aliphatic heterocycles. The smallest absolute Gasteiger partial charge is 0.105 e. The number of nitrogens with one attached hydrogen (secondary N) is 1. The molecule has 114 valence electrons. The Morgan fingerprint density at radius 2 is 1.95 bits per heavy atom. The van der Waals surface area contributed by atoms with Gasteiger partial charge in [0.05, 0.1) is 0 Å². The van der Waals surface area contributed by atoms with E-state index in [1.807, 2.05) is 6.20 Å². The van der Waals surface area contributed by atoms with Gasteiger partial charge in [0.15, 0.2) is 0 Å². The zero-order valence-electron chi connectivity index (χ0n) is 13.3. The second-order valence-electron chi connectivity index (χ2n) is 6.04. The number of nitrogens with zero attached hydrogens (tertiary/aromatic N) is 2. The first-order valence-electron chi connectivity index (χ1n) is 7.88. The molecule has 0 amide bonds. The lowest BCUT2D eigenvalue weighted by Crippen LogP contribution is -2.24. The fourth-order valence-electron chi connectivity index (χ4n) is 2.81. The quantitative estimate of drug-likeness (QED) is 0.749. The lowest BCUT2D eigenvalue weighted by atomic mass is 10.1. The summed E-state index contributed by atoms with van der Waals surface area (Å²) in [5.74, 6) is 1.66. The van der Waals surface area contributed by atoms with Gasteiger partial charge in [-0.15, -0.1) is 0 Å². The third kappa shape index (κ3) is 3.55. The molecule has 1 atom stereocenters. The average molecular weight is 293 g/mol. The van der Waals surface area contributed by atoms with Gasteiger partial charge in [-0.25, -0.2) is 4.98 Å². The molecule has 0 aliphatic rings. The van der Waals surface area contributed by atoms with Gasteiger partial charge in [0.2, 0.25) is 0 Å². The van der Waals surface area contributed by atoms with E-state index in [1.54, 1.807) is 0 Å². The van der Waals surface area contributed by atoms with Gasteiger partial charge >= 0.3 is 0 Å². The van der Waals surface area contributed by atoms with Crippen molar-refractivity contribution in [2.75, 3.05) is 6.54 Å². The lowest BCUT2D eigenvalue weighted by Gasteiger charge is -2.14. The van der Waals surface area contributed by atoms with Crippen LogP contribution in [0.1, 0.15) is 18.3 Å². The molecule has 2 aromatic carbocycles. The maximum absolute atomic E-state index is 4.27. The summed E-state index contributed by atoms with van der Waals surface area (Å²) in [5, 5.41) is 6.17. The summed E-state index contributed by atoms with van der Waals surface area (Å²) in [4.78, 5) is 4.27. The zero-order valence-corrected chi connectivity index (χ0v) is 13.3. The van der Waals surface area contributed by atoms with Gasteiger partial charge in [0.25, 0.3) is 0 Å².